The van der Waals surface area contributed by atoms with E-state index >= 15 is 0 Å². The van der Waals surface area contributed by atoms with E-state index in [9.17, 15) is 4.79 Å². The molecule has 1 aliphatic rings. The van der Waals surface area contributed by atoms with E-state index in [0.717, 1.165) is 12.8 Å². The number of carbonyl (C=O) groups is 1. The normalized spacial score (nSPS) is 15.6. The first-order valence-electron chi connectivity index (χ1n) is 5.08. The van der Waals surface area contributed by atoms with Gasteiger partial charge in [-0.05, 0) is 31.0 Å². The number of rotatable bonds is 2. The van der Waals surface area contributed by atoms with Crippen molar-refractivity contribution in [2.75, 3.05) is 0 Å². The first kappa shape index (κ1) is 10.2. The summed E-state index contributed by atoms with van der Waals surface area (Å²) < 4.78 is 5.48. The van der Waals surface area contributed by atoms with E-state index in [-0.39, 0.29) is 11.7 Å². The van der Waals surface area contributed by atoms with Gasteiger partial charge in [0.05, 0.1) is 10.0 Å². The van der Waals surface area contributed by atoms with Crippen LogP contribution in [0.25, 0.3) is 11.0 Å². The molecule has 1 aromatic heterocycles. The number of hydrogen-bond donors (Lipinski definition) is 0. The van der Waals surface area contributed by atoms with Gasteiger partial charge in [0.25, 0.3) is 0 Å². The van der Waals surface area contributed by atoms with Gasteiger partial charge in [-0.3, -0.25) is 4.79 Å². The van der Waals surface area contributed by atoms with E-state index in [2.05, 4.69) is 0 Å². The fourth-order valence-electron chi connectivity index (χ4n) is 1.73. The lowest BCUT2D eigenvalue weighted by atomic mass is 10.2. The molecule has 2 aromatic rings. The van der Waals surface area contributed by atoms with E-state index in [4.69, 9.17) is 27.6 Å². The average molecular weight is 255 g/mol. The van der Waals surface area contributed by atoms with Gasteiger partial charge < -0.3 is 4.42 Å². The minimum absolute atomic E-state index is 0.0586. The van der Waals surface area contributed by atoms with Crippen LogP contribution in [0.1, 0.15) is 23.4 Å². The van der Waals surface area contributed by atoms with Crippen molar-refractivity contribution in [2.45, 2.75) is 12.8 Å². The standard InChI is InChI=1S/C12H8Cl2O2/c13-8-3-4-9(14)12-7(8)5-10(16-12)11(15)6-1-2-6/h3-6H,1-2H2. The number of carbonyl (C=O) groups excluding carboxylic acids is 1. The Labute approximate surface area is 102 Å². The predicted molar refractivity (Wildman–Crippen MR) is 63.3 cm³/mol. The number of benzene rings is 1. The third-order valence-electron chi connectivity index (χ3n) is 2.77. The summed E-state index contributed by atoms with van der Waals surface area (Å²) in [5.41, 5.74) is 0.498. The topological polar surface area (TPSA) is 30.2 Å². The molecule has 0 spiro atoms. The third kappa shape index (κ3) is 1.53. The Hall–Kier alpha value is -0.990. The largest absolute Gasteiger partial charge is 0.451 e. The lowest BCUT2D eigenvalue weighted by molar-refractivity contribution is 0.0942. The molecule has 0 N–H and O–H groups in total. The minimum atomic E-state index is 0.0586. The maximum atomic E-state index is 11.8. The van der Waals surface area contributed by atoms with E-state index in [1.807, 2.05) is 0 Å². The van der Waals surface area contributed by atoms with Crippen LogP contribution in [-0.2, 0) is 0 Å². The first-order chi connectivity index (χ1) is 7.66. The number of furan rings is 1. The maximum absolute atomic E-state index is 11.8. The number of fused-ring (bicyclic) bond motifs is 1. The Balaban J connectivity index is 2.18. The van der Waals surface area contributed by atoms with Crippen LogP contribution in [0.5, 0.6) is 0 Å². The second-order valence-corrected chi connectivity index (χ2v) is 4.84. The Morgan fingerprint density at radius 2 is 1.94 bits per heavy atom. The highest BCUT2D eigenvalue weighted by Gasteiger charge is 2.32. The van der Waals surface area contributed by atoms with Crippen molar-refractivity contribution in [2.24, 2.45) is 5.92 Å². The van der Waals surface area contributed by atoms with Gasteiger partial charge in [-0.1, -0.05) is 23.2 Å². The number of hydrogen-bond acceptors (Lipinski definition) is 2. The fourth-order valence-corrected chi connectivity index (χ4v) is 2.13. The van der Waals surface area contributed by atoms with Gasteiger partial charge in [-0.15, -0.1) is 0 Å². The average Bonchev–Trinajstić information content (AvgIpc) is 3.01. The van der Waals surface area contributed by atoms with E-state index < -0.39 is 0 Å². The molecular weight excluding hydrogens is 247 g/mol. The van der Waals surface area contributed by atoms with Gasteiger partial charge in [0, 0.05) is 11.3 Å². The lowest BCUT2D eigenvalue weighted by Crippen LogP contribution is -1.98. The van der Waals surface area contributed by atoms with Crippen LogP contribution in [0.3, 0.4) is 0 Å². The number of halogens is 2. The van der Waals surface area contributed by atoms with Crippen LogP contribution in [-0.4, -0.2) is 5.78 Å². The van der Waals surface area contributed by atoms with Gasteiger partial charge >= 0.3 is 0 Å². The Morgan fingerprint density at radius 1 is 1.25 bits per heavy atom. The maximum Gasteiger partial charge on any atom is 0.201 e. The molecule has 0 unspecified atom stereocenters. The molecule has 0 bridgehead atoms. The molecule has 1 saturated carbocycles. The fraction of sp³-hybridized carbons (Fsp3) is 0.250. The van der Waals surface area contributed by atoms with Gasteiger partial charge in [-0.25, -0.2) is 0 Å². The van der Waals surface area contributed by atoms with Crippen LogP contribution in [0, 0.1) is 5.92 Å². The minimum Gasteiger partial charge on any atom is -0.451 e. The predicted octanol–water partition coefficient (Wildman–Crippen LogP) is 4.33. The molecular formula is C12H8Cl2O2. The summed E-state index contributed by atoms with van der Waals surface area (Å²) in [6, 6.07) is 5.05. The van der Waals surface area contributed by atoms with Crippen LogP contribution in [0.4, 0.5) is 0 Å². The van der Waals surface area contributed by atoms with E-state index in [1.165, 1.54) is 0 Å². The lowest BCUT2D eigenvalue weighted by Gasteiger charge is -1.93. The molecule has 0 atom stereocenters. The molecule has 16 heavy (non-hydrogen) atoms. The van der Waals surface area contributed by atoms with Crippen molar-refractivity contribution >= 4 is 40.0 Å². The number of ketones is 1. The highest BCUT2D eigenvalue weighted by molar-refractivity contribution is 6.39. The molecule has 82 valence electrons. The van der Waals surface area contributed by atoms with Crippen molar-refractivity contribution in [3.8, 4) is 0 Å². The third-order valence-corrected chi connectivity index (χ3v) is 3.40. The van der Waals surface area contributed by atoms with Gasteiger partial charge in [-0.2, -0.15) is 0 Å². The van der Waals surface area contributed by atoms with Crippen molar-refractivity contribution in [1.29, 1.82) is 0 Å². The summed E-state index contributed by atoms with van der Waals surface area (Å²) >= 11 is 12.0. The van der Waals surface area contributed by atoms with Crippen LogP contribution < -0.4 is 0 Å². The zero-order chi connectivity index (χ0) is 11.3. The zero-order valence-electron chi connectivity index (χ0n) is 8.30. The first-order valence-corrected chi connectivity index (χ1v) is 5.84. The van der Waals surface area contributed by atoms with Gasteiger partial charge in [0.15, 0.2) is 11.3 Å². The second-order valence-electron chi connectivity index (χ2n) is 4.02. The Morgan fingerprint density at radius 3 is 2.56 bits per heavy atom. The SMILES string of the molecule is O=C(c1cc2c(Cl)ccc(Cl)c2o1)C1CC1. The van der Waals surface area contributed by atoms with Crippen LogP contribution >= 0.6 is 23.2 Å². The van der Waals surface area contributed by atoms with Crippen molar-refractivity contribution in [3.63, 3.8) is 0 Å². The molecule has 3 rings (SSSR count). The molecule has 0 aliphatic heterocycles. The summed E-state index contributed by atoms with van der Waals surface area (Å²) in [6.07, 6.45) is 1.91. The molecule has 0 radical (unpaired) electrons. The van der Waals surface area contributed by atoms with Gasteiger partial charge in [0.2, 0.25) is 5.78 Å². The quantitative estimate of drug-likeness (QED) is 0.747. The second kappa shape index (κ2) is 3.51. The van der Waals surface area contributed by atoms with E-state index in [0.29, 0.717) is 26.8 Å². The van der Waals surface area contributed by atoms with Crippen LogP contribution in [0.2, 0.25) is 10.0 Å². The van der Waals surface area contributed by atoms with E-state index in [1.54, 1.807) is 18.2 Å². The summed E-state index contributed by atoms with van der Waals surface area (Å²) in [7, 11) is 0. The summed E-state index contributed by atoms with van der Waals surface area (Å²) in [4.78, 5) is 11.8. The molecule has 0 amide bonds. The summed E-state index contributed by atoms with van der Waals surface area (Å²) in [5, 5.41) is 1.74. The number of Topliss-reactive ketones (excluding diaryl/α,β-unsaturated/α-hetero) is 1. The molecule has 1 heterocycles. The summed E-state index contributed by atoms with van der Waals surface area (Å²) in [5.74, 6) is 0.564. The smallest absolute Gasteiger partial charge is 0.201 e. The molecule has 1 fully saturated rings. The molecule has 0 saturated heterocycles. The monoisotopic (exact) mass is 254 g/mol. The van der Waals surface area contributed by atoms with Crippen molar-refractivity contribution < 1.29 is 9.21 Å². The summed E-state index contributed by atoms with van der Waals surface area (Å²) in [6.45, 7) is 0. The van der Waals surface area contributed by atoms with Crippen molar-refractivity contribution in [3.05, 3.63) is 34.0 Å². The highest BCUT2D eigenvalue weighted by atomic mass is 35.5. The van der Waals surface area contributed by atoms with Gasteiger partial charge in [0.1, 0.15) is 0 Å². The van der Waals surface area contributed by atoms with Crippen LogP contribution in [0.15, 0.2) is 22.6 Å². The molecule has 1 aliphatic carbocycles. The Bertz CT molecular complexity index is 543. The Kier molecular flexibility index (Phi) is 2.23. The highest BCUT2D eigenvalue weighted by Crippen LogP contribution is 2.37. The molecule has 2 nitrogen and oxygen atoms in total. The molecule has 4 heteroatoms. The molecule has 1 aromatic carbocycles. The zero-order valence-corrected chi connectivity index (χ0v) is 9.81. The van der Waals surface area contributed by atoms with Crippen molar-refractivity contribution in [1.82, 2.24) is 0 Å².